The second-order valence-corrected chi connectivity index (χ2v) is 17.1. The van der Waals surface area contributed by atoms with E-state index < -0.39 is 16.2 Å². The summed E-state index contributed by atoms with van der Waals surface area (Å²) in [5, 5.41) is 25.1. The van der Waals surface area contributed by atoms with Crippen LogP contribution in [-0.2, 0) is 19.1 Å². The highest BCUT2D eigenvalue weighted by molar-refractivity contribution is 7.86. The van der Waals surface area contributed by atoms with E-state index in [0.29, 0.717) is 18.6 Å². The maximum Gasteiger partial charge on any atom is 0.296 e. The monoisotopic (exact) mass is 833 g/mol. The lowest BCUT2D eigenvalue weighted by molar-refractivity contribution is -0.119. The molecule has 1 aromatic rings. The predicted octanol–water partition coefficient (Wildman–Crippen LogP) is 13.4. The molecule has 0 amide bonds. The number of aliphatic hydroxyl groups excluding tert-OH is 3. The van der Waals surface area contributed by atoms with Gasteiger partial charge in [0.2, 0.25) is 0 Å². The number of aryl methyl sites for hydroxylation is 1. The highest BCUT2D eigenvalue weighted by atomic mass is 32.2. The van der Waals surface area contributed by atoms with Crippen LogP contribution in [0.3, 0.4) is 0 Å². The van der Waals surface area contributed by atoms with Gasteiger partial charge in [-0.15, -0.1) is 0 Å². The number of allylic oxidation sites excluding steroid dienone is 8. The van der Waals surface area contributed by atoms with Crippen LogP contribution in [0.1, 0.15) is 199 Å². The maximum absolute atomic E-state index is 12.1. The van der Waals surface area contributed by atoms with Crippen molar-refractivity contribution in [2.75, 3.05) is 20.3 Å². The Hall–Kier alpha value is -2.36. The number of unbranched alkanes of at least 4 members (excludes halogenated alkanes) is 18. The standard InChI is InChI=1S/C37H66O.C8H10O3S.C5H12O3/c1-3-5-7-9-11-13-15-17-19-21-23-25-27-29-31-33-35-37(38)36-34-32-30-28-26-24-22-20-18-16-14-12-10-8-6-4-2;1-7-3-5-8(6-4-7)12(9,10)11-2;6-3-1-2-5(8)4-7/h11-14,17-20H,3-10,15-16,21-36H2,1-2H3;3-6H,1-2H3;5-8H,1-4H2/b13-11-,14-12-,19-17-,20-18-;;. The molecule has 1 rings (SSSR count). The summed E-state index contributed by atoms with van der Waals surface area (Å²) in [5.41, 5.74) is 1.02. The molecule has 1 unspecified atom stereocenters. The summed E-state index contributed by atoms with van der Waals surface area (Å²) in [5.74, 6) is 0.499. The smallest absolute Gasteiger partial charge is 0.296 e. The molecular formula is C50H88O7S. The van der Waals surface area contributed by atoms with E-state index in [9.17, 15) is 13.2 Å². The number of carbonyl (C=O) groups excluding carboxylic acids is 1. The van der Waals surface area contributed by atoms with Gasteiger partial charge in [0.1, 0.15) is 5.78 Å². The number of benzene rings is 1. The summed E-state index contributed by atoms with van der Waals surface area (Å²) in [7, 11) is -2.37. The first-order valence-electron chi connectivity index (χ1n) is 23.1. The SMILES string of the molecule is CCCCC/C=C\C/C=C\CCCCCCCCC(=O)CCCCCCCC/C=C\C/C=C\CCCCC.COS(=O)(=O)c1ccc(C)cc1.OCCCC(O)CO. The molecule has 0 heterocycles. The molecule has 0 radical (unpaired) electrons. The van der Waals surface area contributed by atoms with Gasteiger partial charge in [0.25, 0.3) is 10.1 Å². The Labute approximate surface area is 357 Å². The van der Waals surface area contributed by atoms with Crippen molar-refractivity contribution < 1.29 is 32.7 Å². The topological polar surface area (TPSA) is 121 Å². The zero-order valence-electron chi connectivity index (χ0n) is 37.6. The average Bonchev–Trinajstić information content (AvgIpc) is 3.23. The van der Waals surface area contributed by atoms with E-state index >= 15 is 0 Å². The third-order valence-electron chi connectivity index (χ3n) is 9.75. The second-order valence-electron chi connectivity index (χ2n) is 15.3. The maximum atomic E-state index is 12.1. The Bertz CT molecular complexity index is 1180. The molecule has 336 valence electrons. The van der Waals surface area contributed by atoms with Gasteiger partial charge in [-0.2, -0.15) is 8.42 Å². The van der Waals surface area contributed by atoms with Crippen molar-refractivity contribution in [1.29, 1.82) is 0 Å². The van der Waals surface area contributed by atoms with Gasteiger partial charge in [0.15, 0.2) is 0 Å². The summed E-state index contributed by atoms with van der Waals surface area (Å²) >= 11 is 0. The normalized spacial score (nSPS) is 12.3. The molecule has 1 aromatic carbocycles. The number of carbonyl (C=O) groups is 1. The van der Waals surface area contributed by atoms with E-state index in [-0.39, 0.29) is 18.1 Å². The second kappa shape index (κ2) is 45.7. The van der Waals surface area contributed by atoms with Crippen LogP contribution in [0.25, 0.3) is 0 Å². The molecule has 58 heavy (non-hydrogen) atoms. The molecule has 8 heteroatoms. The molecule has 0 aliphatic carbocycles. The van der Waals surface area contributed by atoms with Gasteiger partial charge in [0, 0.05) is 19.4 Å². The van der Waals surface area contributed by atoms with Crippen LogP contribution in [-0.4, -0.2) is 55.9 Å². The summed E-state index contributed by atoms with van der Waals surface area (Å²) in [4.78, 5) is 12.3. The van der Waals surface area contributed by atoms with Gasteiger partial charge in [0.05, 0.1) is 24.7 Å². The van der Waals surface area contributed by atoms with Gasteiger partial charge in [-0.05, 0) is 109 Å². The quantitative estimate of drug-likeness (QED) is 0.0350. The average molecular weight is 833 g/mol. The van der Waals surface area contributed by atoms with E-state index in [1.54, 1.807) is 12.1 Å². The minimum Gasteiger partial charge on any atom is -0.396 e. The van der Waals surface area contributed by atoms with E-state index in [0.717, 1.165) is 51.2 Å². The van der Waals surface area contributed by atoms with Crippen LogP contribution < -0.4 is 0 Å². The van der Waals surface area contributed by atoms with Crippen molar-refractivity contribution in [1.82, 2.24) is 0 Å². The fourth-order valence-corrected chi connectivity index (χ4v) is 6.63. The lowest BCUT2D eigenvalue weighted by Gasteiger charge is -2.03. The predicted molar refractivity (Wildman–Crippen MR) is 248 cm³/mol. The largest absolute Gasteiger partial charge is 0.396 e. The molecule has 0 spiro atoms. The van der Waals surface area contributed by atoms with Crippen LogP contribution in [0.2, 0.25) is 0 Å². The van der Waals surface area contributed by atoms with Crippen molar-refractivity contribution in [3.63, 3.8) is 0 Å². The zero-order chi connectivity index (χ0) is 43.2. The van der Waals surface area contributed by atoms with Crippen LogP contribution in [0.15, 0.2) is 77.8 Å². The van der Waals surface area contributed by atoms with E-state index in [1.807, 2.05) is 6.92 Å². The van der Waals surface area contributed by atoms with Crippen molar-refractivity contribution in [3.05, 3.63) is 78.4 Å². The molecule has 7 nitrogen and oxygen atoms in total. The van der Waals surface area contributed by atoms with E-state index in [1.165, 1.54) is 141 Å². The molecule has 1 atom stereocenters. The lowest BCUT2D eigenvalue weighted by Crippen LogP contribution is -2.11. The van der Waals surface area contributed by atoms with Gasteiger partial charge in [-0.25, -0.2) is 0 Å². The summed E-state index contributed by atoms with van der Waals surface area (Å²) < 4.78 is 26.5. The molecule has 0 fully saturated rings. The first-order chi connectivity index (χ1) is 28.2. The molecule has 0 aromatic heterocycles. The Kier molecular flexibility index (Phi) is 45.5. The Morgan fingerprint density at radius 2 is 0.966 bits per heavy atom. The highest BCUT2D eigenvalue weighted by Crippen LogP contribution is 2.14. The number of hydrogen-bond donors (Lipinski definition) is 3. The number of hydrogen-bond acceptors (Lipinski definition) is 7. The molecular weight excluding hydrogens is 745 g/mol. The fraction of sp³-hybridized carbons (Fsp3) is 0.700. The first-order valence-corrected chi connectivity index (χ1v) is 24.5. The Morgan fingerprint density at radius 3 is 1.33 bits per heavy atom. The minimum absolute atomic E-state index is 0.0804. The number of ketones is 1. The minimum atomic E-state index is -3.51. The third-order valence-corrected chi connectivity index (χ3v) is 11.0. The van der Waals surface area contributed by atoms with Crippen molar-refractivity contribution in [3.8, 4) is 0 Å². The molecule has 0 aliphatic rings. The van der Waals surface area contributed by atoms with E-state index in [4.69, 9.17) is 15.3 Å². The molecule has 0 saturated heterocycles. The van der Waals surface area contributed by atoms with Crippen LogP contribution in [0, 0.1) is 6.92 Å². The Morgan fingerprint density at radius 1 is 0.586 bits per heavy atom. The number of Topliss-reactive ketones (excluding diaryl/α,β-unsaturated/α-hetero) is 1. The summed E-state index contributed by atoms with van der Waals surface area (Å²) in [6.07, 6.45) is 50.9. The highest BCUT2D eigenvalue weighted by Gasteiger charge is 2.11. The first kappa shape index (κ1) is 57.7. The Balaban J connectivity index is 0. The fourth-order valence-electron chi connectivity index (χ4n) is 5.97. The van der Waals surface area contributed by atoms with Gasteiger partial charge in [-0.3, -0.25) is 8.98 Å². The van der Waals surface area contributed by atoms with Gasteiger partial charge < -0.3 is 15.3 Å². The van der Waals surface area contributed by atoms with Crippen LogP contribution >= 0.6 is 0 Å². The van der Waals surface area contributed by atoms with Crippen molar-refractivity contribution in [2.45, 2.75) is 212 Å². The third kappa shape index (κ3) is 43.2. The summed E-state index contributed by atoms with van der Waals surface area (Å²) in [6, 6.07) is 6.50. The van der Waals surface area contributed by atoms with Crippen LogP contribution in [0.5, 0.6) is 0 Å². The van der Waals surface area contributed by atoms with Crippen molar-refractivity contribution in [2.24, 2.45) is 0 Å². The lowest BCUT2D eigenvalue weighted by atomic mass is 10.0. The number of rotatable bonds is 36. The number of aliphatic hydroxyl groups is 3. The summed E-state index contributed by atoms with van der Waals surface area (Å²) in [6.45, 7) is 6.28. The van der Waals surface area contributed by atoms with E-state index in [2.05, 4.69) is 66.6 Å². The molecule has 0 bridgehead atoms. The van der Waals surface area contributed by atoms with Crippen molar-refractivity contribution >= 4 is 15.9 Å². The molecule has 0 aliphatic heterocycles. The molecule has 3 N–H and O–H groups in total. The van der Waals surface area contributed by atoms with Crippen LogP contribution in [0.4, 0.5) is 0 Å². The van der Waals surface area contributed by atoms with Gasteiger partial charge in [-0.1, -0.05) is 157 Å². The molecule has 0 saturated carbocycles. The zero-order valence-corrected chi connectivity index (χ0v) is 38.4. The van der Waals surface area contributed by atoms with Gasteiger partial charge >= 0.3 is 0 Å².